The zero-order chi connectivity index (χ0) is 19.8. The first-order valence-electron chi connectivity index (χ1n) is 11.5. The Balaban J connectivity index is 1.41. The van der Waals surface area contributed by atoms with E-state index in [1.165, 1.54) is 45.4 Å². The average Bonchev–Trinajstić information content (AvgIpc) is 3.09. The fourth-order valence-electron chi connectivity index (χ4n) is 7.54. The lowest BCUT2D eigenvalue weighted by molar-refractivity contribution is -0.147. The third-order valence-corrected chi connectivity index (χ3v) is 8.65. The number of fused-ring (bicyclic) bond motifs is 5. The number of allylic oxidation sites excluding steroid dienone is 1. The van der Waals surface area contributed by atoms with E-state index >= 15 is 0 Å². The SMILES string of the molecule is CC(=O)O[C@H]1CC[C@H]2C(=CC[C@H]3[C@@H]4CC[C@H]([C@H](C)CCC(=O)O)[C@H]4CC[C@@H]32)C1. The quantitative estimate of drug-likeness (QED) is 0.518. The normalized spacial score (nSPS) is 40.5. The molecule has 0 aromatic carbocycles. The minimum absolute atomic E-state index is 0.0961. The van der Waals surface area contributed by atoms with E-state index < -0.39 is 5.97 Å². The van der Waals surface area contributed by atoms with Crippen LogP contribution in [0.4, 0.5) is 0 Å². The van der Waals surface area contributed by atoms with Crippen molar-refractivity contribution in [1.29, 1.82) is 0 Å². The minimum Gasteiger partial charge on any atom is -0.481 e. The van der Waals surface area contributed by atoms with Gasteiger partial charge in [-0.3, -0.25) is 9.59 Å². The van der Waals surface area contributed by atoms with Crippen LogP contribution in [-0.4, -0.2) is 23.1 Å². The Morgan fingerprint density at radius 3 is 2.57 bits per heavy atom. The molecule has 0 heterocycles. The summed E-state index contributed by atoms with van der Waals surface area (Å²) in [5.41, 5.74) is 1.57. The summed E-state index contributed by atoms with van der Waals surface area (Å²) >= 11 is 0. The summed E-state index contributed by atoms with van der Waals surface area (Å²) in [6, 6.07) is 0. The van der Waals surface area contributed by atoms with Crippen molar-refractivity contribution in [2.24, 2.45) is 41.4 Å². The van der Waals surface area contributed by atoms with Gasteiger partial charge in [0, 0.05) is 19.8 Å². The van der Waals surface area contributed by atoms with Crippen molar-refractivity contribution < 1.29 is 19.4 Å². The smallest absolute Gasteiger partial charge is 0.303 e. The molecular formula is C24H36O4. The van der Waals surface area contributed by atoms with Gasteiger partial charge in [0.15, 0.2) is 0 Å². The highest BCUT2D eigenvalue weighted by molar-refractivity contribution is 5.66. The Bertz CT molecular complexity index is 639. The molecule has 156 valence electrons. The molecular weight excluding hydrogens is 352 g/mol. The van der Waals surface area contributed by atoms with Crippen LogP contribution in [0.5, 0.6) is 0 Å². The molecule has 0 aromatic heterocycles. The van der Waals surface area contributed by atoms with Crippen LogP contribution >= 0.6 is 0 Å². The molecule has 28 heavy (non-hydrogen) atoms. The number of rotatable bonds is 5. The molecule has 0 amide bonds. The van der Waals surface area contributed by atoms with Gasteiger partial charge in [-0.2, -0.15) is 0 Å². The van der Waals surface area contributed by atoms with E-state index in [2.05, 4.69) is 13.0 Å². The fourth-order valence-corrected chi connectivity index (χ4v) is 7.54. The van der Waals surface area contributed by atoms with Crippen LogP contribution in [0.1, 0.15) is 78.1 Å². The highest BCUT2D eigenvalue weighted by Gasteiger charge is 2.50. The molecule has 8 atom stereocenters. The number of ether oxygens (including phenoxy) is 1. The van der Waals surface area contributed by atoms with Gasteiger partial charge in [0.25, 0.3) is 0 Å². The van der Waals surface area contributed by atoms with Crippen molar-refractivity contribution in [1.82, 2.24) is 0 Å². The molecule has 0 aromatic rings. The van der Waals surface area contributed by atoms with Crippen molar-refractivity contribution in [2.45, 2.75) is 84.2 Å². The molecule has 4 rings (SSSR count). The Kier molecular flexibility index (Phi) is 5.85. The minimum atomic E-state index is -0.653. The predicted molar refractivity (Wildman–Crippen MR) is 108 cm³/mol. The fraction of sp³-hybridized carbons (Fsp3) is 0.833. The summed E-state index contributed by atoms with van der Waals surface area (Å²) in [4.78, 5) is 22.3. The zero-order valence-corrected chi connectivity index (χ0v) is 17.4. The van der Waals surface area contributed by atoms with Crippen LogP contribution in [0.2, 0.25) is 0 Å². The number of esters is 1. The van der Waals surface area contributed by atoms with E-state index in [1.807, 2.05) is 0 Å². The molecule has 1 N–H and O–H groups in total. The van der Waals surface area contributed by atoms with Crippen LogP contribution in [-0.2, 0) is 14.3 Å². The first-order chi connectivity index (χ1) is 13.4. The number of carboxylic acid groups (broad SMARTS) is 1. The topological polar surface area (TPSA) is 63.6 Å². The van der Waals surface area contributed by atoms with Crippen molar-refractivity contribution in [3.8, 4) is 0 Å². The number of carboxylic acids is 1. The molecule has 0 bridgehead atoms. The van der Waals surface area contributed by atoms with Gasteiger partial charge < -0.3 is 9.84 Å². The van der Waals surface area contributed by atoms with E-state index in [9.17, 15) is 9.59 Å². The number of hydrogen-bond donors (Lipinski definition) is 1. The Hall–Kier alpha value is -1.32. The van der Waals surface area contributed by atoms with Gasteiger partial charge in [-0.1, -0.05) is 18.6 Å². The second-order valence-electron chi connectivity index (χ2n) is 10.0. The first-order valence-corrected chi connectivity index (χ1v) is 11.5. The molecule has 4 nitrogen and oxygen atoms in total. The lowest BCUT2D eigenvalue weighted by atomic mass is 9.56. The van der Waals surface area contributed by atoms with Crippen LogP contribution < -0.4 is 0 Å². The number of aliphatic carboxylic acids is 1. The first kappa shape index (κ1) is 20.0. The van der Waals surface area contributed by atoms with E-state index in [1.54, 1.807) is 5.57 Å². The van der Waals surface area contributed by atoms with E-state index in [-0.39, 0.29) is 12.1 Å². The van der Waals surface area contributed by atoms with Gasteiger partial charge in [-0.05, 0) is 92.8 Å². The molecule has 0 spiro atoms. The van der Waals surface area contributed by atoms with Gasteiger partial charge in [-0.15, -0.1) is 0 Å². The number of carbonyl (C=O) groups is 2. The Labute approximate surface area is 169 Å². The van der Waals surface area contributed by atoms with E-state index in [0.717, 1.165) is 54.8 Å². The molecule has 4 heteroatoms. The largest absolute Gasteiger partial charge is 0.481 e. The van der Waals surface area contributed by atoms with Gasteiger partial charge >= 0.3 is 11.9 Å². The van der Waals surface area contributed by atoms with Crippen LogP contribution in [0.25, 0.3) is 0 Å². The van der Waals surface area contributed by atoms with Gasteiger partial charge in [-0.25, -0.2) is 0 Å². The number of carbonyl (C=O) groups excluding carboxylic acids is 1. The highest BCUT2D eigenvalue weighted by atomic mass is 16.5. The lowest BCUT2D eigenvalue weighted by Crippen LogP contribution is -2.42. The third-order valence-electron chi connectivity index (χ3n) is 8.65. The predicted octanol–water partition coefficient (Wildman–Crippen LogP) is 5.22. The third kappa shape index (κ3) is 3.89. The average molecular weight is 389 g/mol. The molecule has 0 unspecified atom stereocenters. The molecule has 3 fully saturated rings. The summed E-state index contributed by atoms with van der Waals surface area (Å²) < 4.78 is 5.50. The summed E-state index contributed by atoms with van der Waals surface area (Å²) in [5.74, 6) is 4.51. The second kappa shape index (κ2) is 8.20. The van der Waals surface area contributed by atoms with Crippen molar-refractivity contribution in [2.75, 3.05) is 0 Å². The lowest BCUT2D eigenvalue weighted by Gasteiger charge is -2.50. The summed E-state index contributed by atoms with van der Waals surface area (Å²) in [7, 11) is 0. The molecule has 0 radical (unpaired) electrons. The zero-order valence-electron chi connectivity index (χ0n) is 17.4. The molecule has 0 aliphatic heterocycles. The maximum atomic E-state index is 11.3. The molecule has 3 saturated carbocycles. The summed E-state index contributed by atoms with van der Waals surface area (Å²) in [6.45, 7) is 3.81. The maximum absolute atomic E-state index is 11.3. The van der Waals surface area contributed by atoms with Gasteiger partial charge in [0.2, 0.25) is 0 Å². The van der Waals surface area contributed by atoms with Gasteiger partial charge in [0.05, 0.1) is 0 Å². The van der Waals surface area contributed by atoms with Gasteiger partial charge in [0.1, 0.15) is 6.10 Å². The summed E-state index contributed by atoms with van der Waals surface area (Å²) in [6.07, 6.45) is 13.4. The highest BCUT2D eigenvalue weighted by Crippen LogP contribution is 2.59. The second-order valence-corrected chi connectivity index (χ2v) is 10.0. The van der Waals surface area contributed by atoms with Crippen molar-refractivity contribution >= 4 is 11.9 Å². The Morgan fingerprint density at radius 2 is 1.82 bits per heavy atom. The standard InChI is InChI=1S/C24H36O4/c1-14(3-12-24(26)27)18-8-9-23-20(18)10-11-21-19-7-5-17(28-15(2)25)13-16(19)4-6-22(21)23/h4,14,17-23H,3,5-13H2,1-2H3,(H,26,27)/t14-,17+,18-,19+,20-,21-,22-,23-/m1/s1. The number of hydrogen-bond acceptors (Lipinski definition) is 3. The molecule has 4 aliphatic carbocycles. The van der Waals surface area contributed by atoms with E-state index in [0.29, 0.717) is 12.3 Å². The van der Waals surface area contributed by atoms with Crippen LogP contribution in [0.3, 0.4) is 0 Å². The molecule has 0 saturated heterocycles. The van der Waals surface area contributed by atoms with Crippen molar-refractivity contribution in [3.63, 3.8) is 0 Å². The molecule has 4 aliphatic rings. The maximum Gasteiger partial charge on any atom is 0.303 e. The van der Waals surface area contributed by atoms with Crippen LogP contribution in [0.15, 0.2) is 11.6 Å². The summed E-state index contributed by atoms with van der Waals surface area (Å²) in [5, 5.41) is 9.03. The van der Waals surface area contributed by atoms with E-state index in [4.69, 9.17) is 9.84 Å². The monoisotopic (exact) mass is 388 g/mol. The Morgan fingerprint density at radius 1 is 1.07 bits per heavy atom. The van der Waals surface area contributed by atoms with Crippen LogP contribution in [0, 0.1) is 41.4 Å². The van der Waals surface area contributed by atoms with Crippen molar-refractivity contribution in [3.05, 3.63) is 11.6 Å².